The third-order valence-electron chi connectivity index (χ3n) is 6.07. The van der Waals surface area contributed by atoms with Gasteiger partial charge in [0, 0.05) is 0 Å². The van der Waals surface area contributed by atoms with Gasteiger partial charge in [-0.2, -0.15) is 0 Å². The van der Waals surface area contributed by atoms with Gasteiger partial charge in [0.1, 0.15) is 0 Å². The fourth-order valence-corrected chi connectivity index (χ4v) is 4.17. The van der Waals surface area contributed by atoms with Crippen LogP contribution in [0.1, 0.15) is 135 Å². The van der Waals surface area contributed by atoms with E-state index in [4.69, 9.17) is 0 Å². The van der Waals surface area contributed by atoms with Crippen molar-refractivity contribution in [2.75, 3.05) is 0 Å². The number of unbranched alkanes of at least 4 members (excludes halogenated alkanes) is 14. The topological polar surface area (TPSA) is 74.6 Å². The Hall–Kier alpha value is -1.84. The van der Waals surface area contributed by atoms with E-state index < -0.39 is 11.9 Å². The number of carboxylic acids is 2. The van der Waals surface area contributed by atoms with Gasteiger partial charge in [-0.15, -0.1) is 0 Å². The highest BCUT2D eigenvalue weighted by Crippen LogP contribution is 2.21. The Labute approximate surface area is 183 Å². The van der Waals surface area contributed by atoms with Gasteiger partial charge < -0.3 is 10.2 Å². The first-order valence-corrected chi connectivity index (χ1v) is 12.1. The summed E-state index contributed by atoms with van der Waals surface area (Å²) in [5.74, 6) is -2.35. The molecule has 1 aromatic carbocycles. The predicted molar refractivity (Wildman–Crippen MR) is 124 cm³/mol. The number of carboxylic acid groups (broad SMARTS) is 2. The molecule has 170 valence electrons. The zero-order valence-electron chi connectivity index (χ0n) is 19.2. The summed E-state index contributed by atoms with van der Waals surface area (Å²) in [6, 6.07) is 3.20. The fraction of sp³-hybridized carbons (Fsp3) is 0.692. The molecule has 4 heteroatoms. The van der Waals surface area contributed by atoms with Crippen LogP contribution in [0.3, 0.4) is 0 Å². The molecule has 0 radical (unpaired) electrons. The van der Waals surface area contributed by atoms with Crippen LogP contribution < -0.4 is 0 Å². The standard InChI is InChI=1S/C26H42O4/c1-3-4-5-6-7-8-9-10-11-12-13-14-15-16-17-18-22-19-20-23(25(27)28)24(21(22)2)26(29)30/h19-20H,3-18H2,1-2H3,(H,27,28)(H,29,30). The molecule has 1 aromatic rings. The number of hydrogen-bond acceptors (Lipinski definition) is 2. The molecule has 4 nitrogen and oxygen atoms in total. The Kier molecular flexibility index (Phi) is 13.9. The average Bonchev–Trinajstić information content (AvgIpc) is 2.71. The van der Waals surface area contributed by atoms with E-state index in [0.29, 0.717) is 5.56 Å². The monoisotopic (exact) mass is 418 g/mol. The van der Waals surface area contributed by atoms with Crippen molar-refractivity contribution in [3.05, 3.63) is 34.4 Å². The SMILES string of the molecule is CCCCCCCCCCCCCCCCCc1ccc(C(=O)O)c(C(=O)O)c1C. The van der Waals surface area contributed by atoms with Gasteiger partial charge in [0.05, 0.1) is 11.1 Å². The summed E-state index contributed by atoms with van der Waals surface area (Å²) in [6.45, 7) is 3.98. The zero-order valence-corrected chi connectivity index (χ0v) is 19.2. The smallest absolute Gasteiger partial charge is 0.336 e. The molecule has 0 unspecified atom stereocenters. The van der Waals surface area contributed by atoms with Crippen molar-refractivity contribution in [2.24, 2.45) is 0 Å². The summed E-state index contributed by atoms with van der Waals surface area (Å²) in [6.07, 6.45) is 20.6. The van der Waals surface area contributed by atoms with E-state index in [1.807, 2.05) is 0 Å². The Morgan fingerprint density at radius 3 is 1.50 bits per heavy atom. The second-order valence-electron chi connectivity index (χ2n) is 8.58. The van der Waals surface area contributed by atoms with Gasteiger partial charge in [0.15, 0.2) is 0 Å². The molecule has 0 saturated heterocycles. The highest BCUT2D eigenvalue weighted by molar-refractivity contribution is 6.03. The Balaban J connectivity index is 2.10. The minimum atomic E-state index is -1.19. The molecule has 1 rings (SSSR count). The van der Waals surface area contributed by atoms with E-state index in [1.165, 1.54) is 89.5 Å². The second kappa shape index (κ2) is 15.9. The van der Waals surface area contributed by atoms with E-state index in [0.717, 1.165) is 24.8 Å². The largest absolute Gasteiger partial charge is 0.478 e. The summed E-state index contributed by atoms with van der Waals surface area (Å²) in [4.78, 5) is 22.7. The van der Waals surface area contributed by atoms with Crippen molar-refractivity contribution in [1.29, 1.82) is 0 Å². The molecule has 0 aliphatic heterocycles. The van der Waals surface area contributed by atoms with Crippen LogP contribution in [0.4, 0.5) is 0 Å². The summed E-state index contributed by atoms with van der Waals surface area (Å²) in [5.41, 5.74) is 1.35. The summed E-state index contributed by atoms with van der Waals surface area (Å²) in [7, 11) is 0. The molecule has 0 saturated carbocycles. The Morgan fingerprint density at radius 2 is 1.10 bits per heavy atom. The Bertz CT molecular complexity index is 636. The van der Waals surface area contributed by atoms with Crippen LogP contribution in [0.25, 0.3) is 0 Å². The van der Waals surface area contributed by atoms with E-state index in [-0.39, 0.29) is 11.1 Å². The van der Waals surface area contributed by atoms with Crippen molar-refractivity contribution < 1.29 is 19.8 Å². The van der Waals surface area contributed by atoms with E-state index >= 15 is 0 Å². The minimum absolute atomic E-state index is 0.0686. The van der Waals surface area contributed by atoms with Crippen LogP contribution >= 0.6 is 0 Å². The molecule has 0 spiro atoms. The van der Waals surface area contributed by atoms with Gasteiger partial charge in [0.2, 0.25) is 0 Å². The molecule has 0 aliphatic rings. The lowest BCUT2D eigenvalue weighted by Gasteiger charge is -2.11. The lowest BCUT2D eigenvalue weighted by Crippen LogP contribution is -2.12. The summed E-state index contributed by atoms with van der Waals surface area (Å²) in [5, 5.41) is 18.5. The van der Waals surface area contributed by atoms with E-state index in [2.05, 4.69) is 6.92 Å². The second-order valence-corrected chi connectivity index (χ2v) is 8.58. The first kappa shape index (κ1) is 26.2. The molecule has 0 aliphatic carbocycles. The van der Waals surface area contributed by atoms with Gasteiger partial charge >= 0.3 is 11.9 Å². The van der Waals surface area contributed by atoms with Gasteiger partial charge in [0.25, 0.3) is 0 Å². The average molecular weight is 419 g/mol. The maximum absolute atomic E-state index is 11.4. The molecule has 0 heterocycles. The normalized spacial score (nSPS) is 11.0. The lowest BCUT2D eigenvalue weighted by molar-refractivity contribution is 0.0650. The molecule has 30 heavy (non-hydrogen) atoms. The van der Waals surface area contributed by atoms with Crippen LogP contribution in [-0.2, 0) is 6.42 Å². The maximum Gasteiger partial charge on any atom is 0.336 e. The maximum atomic E-state index is 11.4. The molecule has 0 aromatic heterocycles. The van der Waals surface area contributed by atoms with Crippen molar-refractivity contribution in [3.63, 3.8) is 0 Å². The number of rotatable bonds is 18. The van der Waals surface area contributed by atoms with Crippen LogP contribution in [0.2, 0.25) is 0 Å². The van der Waals surface area contributed by atoms with Gasteiger partial charge in [-0.25, -0.2) is 9.59 Å². The number of benzene rings is 1. The van der Waals surface area contributed by atoms with E-state index in [9.17, 15) is 19.8 Å². The van der Waals surface area contributed by atoms with Crippen LogP contribution in [0.15, 0.2) is 12.1 Å². The quantitative estimate of drug-likeness (QED) is 0.238. The van der Waals surface area contributed by atoms with Crippen molar-refractivity contribution >= 4 is 11.9 Å². The molecule has 0 fully saturated rings. The number of carbonyl (C=O) groups is 2. The van der Waals surface area contributed by atoms with Gasteiger partial charge in [-0.05, 0) is 37.0 Å². The first-order chi connectivity index (χ1) is 14.5. The molecular formula is C26H42O4. The minimum Gasteiger partial charge on any atom is -0.478 e. The molecule has 0 bridgehead atoms. The lowest BCUT2D eigenvalue weighted by atomic mass is 9.93. The van der Waals surface area contributed by atoms with Crippen LogP contribution in [0, 0.1) is 6.92 Å². The zero-order chi connectivity index (χ0) is 22.2. The Morgan fingerprint density at radius 1 is 0.667 bits per heavy atom. The van der Waals surface area contributed by atoms with Crippen molar-refractivity contribution in [1.82, 2.24) is 0 Å². The molecule has 0 atom stereocenters. The number of aromatic carboxylic acids is 2. The molecule has 0 amide bonds. The highest BCUT2D eigenvalue weighted by atomic mass is 16.4. The first-order valence-electron chi connectivity index (χ1n) is 12.1. The number of hydrogen-bond donors (Lipinski definition) is 2. The third kappa shape index (κ3) is 10.3. The predicted octanol–water partition coefficient (Wildman–Crippen LogP) is 7.81. The van der Waals surface area contributed by atoms with Gasteiger partial charge in [-0.3, -0.25) is 0 Å². The van der Waals surface area contributed by atoms with E-state index in [1.54, 1.807) is 13.0 Å². The fourth-order valence-electron chi connectivity index (χ4n) is 4.17. The third-order valence-corrected chi connectivity index (χ3v) is 6.07. The summed E-state index contributed by atoms with van der Waals surface area (Å²) < 4.78 is 0. The van der Waals surface area contributed by atoms with Crippen molar-refractivity contribution in [3.8, 4) is 0 Å². The molecule has 2 N–H and O–H groups in total. The van der Waals surface area contributed by atoms with Gasteiger partial charge in [-0.1, -0.05) is 103 Å². The highest BCUT2D eigenvalue weighted by Gasteiger charge is 2.20. The number of aryl methyl sites for hydroxylation is 1. The van der Waals surface area contributed by atoms with Crippen molar-refractivity contribution in [2.45, 2.75) is 117 Å². The summed E-state index contributed by atoms with van der Waals surface area (Å²) >= 11 is 0. The van der Waals surface area contributed by atoms with Crippen LogP contribution in [-0.4, -0.2) is 22.2 Å². The molecular weight excluding hydrogens is 376 g/mol. The van der Waals surface area contributed by atoms with Crippen LogP contribution in [0.5, 0.6) is 0 Å².